The van der Waals surface area contributed by atoms with Crippen molar-refractivity contribution in [3.63, 3.8) is 0 Å². The average molecular weight is 779 g/mol. The van der Waals surface area contributed by atoms with E-state index < -0.39 is 41.6 Å². The predicted octanol–water partition coefficient (Wildman–Crippen LogP) is 0.631. The molecule has 0 saturated carbocycles. The van der Waals surface area contributed by atoms with Crippen LogP contribution in [0.4, 0.5) is 0 Å². The molecule has 0 aromatic carbocycles. The summed E-state index contributed by atoms with van der Waals surface area (Å²) in [5, 5.41) is 17.7. The van der Waals surface area contributed by atoms with Gasteiger partial charge in [0.2, 0.25) is 0 Å². The molecule has 0 bridgehead atoms. The molecule has 21 heteroatoms. The normalized spacial score (nSPS) is 15.7. The molecule has 0 aromatic rings. The molecule has 0 spiro atoms. The van der Waals surface area contributed by atoms with Crippen LogP contribution in [-0.2, 0) is 27.3 Å². The van der Waals surface area contributed by atoms with E-state index in [1.165, 1.54) is 38.5 Å². The van der Waals surface area contributed by atoms with Gasteiger partial charge in [-0.2, -0.15) is 0 Å². The first-order chi connectivity index (χ1) is 18.4. The number of aliphatic hydroxyl groups is 2. The summed E-state index contributed by atoms with van der Waals surface area (Å²) in [6.45, 7) is 3.84. The molecule has 4 atom stereocenters. The van der Waals surface area contributed by atoms with E-state index in [4.69, 9.17) is 10.2 Å². The Kier molecular flexibility index (Phi) is 42.5. The number of hydrogen-bond donors (Lipinski definition) is 2. The van der Waals surface area contributed by atoms with Gasteiger partial charge in [-0.3, -0.25) is 0 Å². The van der Waals surface area contributed by atoms with Gasteiger partial charge in [-0.25, -0.2) is 0 Å². The van der Waals surface area contributed by atoms with Crippen molar-refractivity contribution in [2.24, 2.45) is 0 Å². The molecule has 0 saturated heterocycles. The minimum absolute atomic E-state index is 0. The summed E-state index contributed by atoms with van der Waals surface area (Å²) in [7, 11) is -21.3. The van der Waals surface area contributed by atoms with Crippen molar-refractivity contribution >= 4 is 144 Å². The molecule has 0 aliphatic carbocycles. The van der Waals surface area contributed by atoms with Gasteiger partial charge < -0.3 is 66.9 Å². The molecule has 0 aliphatic heterocycles. The van der Waals surface area contributed by atoms with Crippen molar-refractivity contribution in [1.29, 1.82) is 0 Å². The molecule has 14 nitrogen and oxygen atoms in total. The summed E-state index contributed by atoms with van der Waals surface area (Å²) >= 11 is 0. The molecule has 244 valence electrons. The molecule has 0 aromatic heterocycles. The molecule has 0 fully saturated rings. The SMILES string of the molecule is CCCCCCCCCCOP(=O)([O-])C(O)P(=O)([O-])[O-].CCCCCCCCCCOP(=O)([O-])C(O)P(=O)([O-])[O-].[Ca+2].[Ca+2].[Ca+2]. The van der Waals surface area contributed by atoms with Gasteiger partial charge in [0.15, 0.2) is 15.2 Å². The quantitative estimate of drug-likeness (QED) is 0.0774. The Bertz CT molecular complexity index is 765. The second-order valence-corrected chi connectivity index (χ2v) is 17.1. The van der Waals surface area contributed by atoms with Crippen LogP contribution in [0.3, 0.4) is 0 Å². The summed E-state index contributed by atoms with van der Waals surface area (Å²) in [5.41, 5.74) is -5.99. The van der Waals surface area contributed by atoms with E-state index in [9.17, 15) is 47.6 Å². The van der Waals surface area contributed by atoms with E-state index in [0.717, 1.165) is 51.4 Å². The maximum Gasteiger partial charge on any atom is 2.00 e. The van der Waals surface area contributed by atoms with Crippen LogP contribution in [0.15, 0.2) is 0 Å². The summed E-state index contributed by atoms with van der Waals surface area (Å²) in [6, 6.07) is 0. The number of aliphatic hydroxyl groups excluding tert-OH is 2. The molecular weight excluding hydrogens is 732 g/mol. The first-order valence-electron chi connectivity index (χ1n) is 13.7. The van der Waals surface area contributed by atoms with Gasteiger partial charge in [0.25, 0.3) is 0 Å². The molecular formula is C22H46Ca3O14P4. The number of hydrogen-bond acceptors (Lipinski definition) is 14. The first-order valence-corrected chi connectivity index (χ1v) is 20.2. The molecule has 4 unspecified atom stereocenters. The first kappa shape index (κ1) is 56.7. The Hall–Kier alpha value is 4.30. The van der Waals surface area contributed by atoms with E-state index in [0.29, 0.717) is 12.8 Å². The predicted molar refractivity (Wildman–Crippen MR) is 157 cm³/mol. The molecule has 0 aliphatic rings. The fourth-order valence-corrected chi connectivity index (χ4v) is 7.54. The van der Waals surface area contributed by atoms with Crippen LogP contribution < -0.4 is 29.4 Å². The third-order valence-electron chi connectivity index (χ3n) is 5.67. The van der Waals surface area contributed by atoms with Crippen LogP contribution in [0.25, 0.3) is 0 Å². The van der Waals surface area contributed by atoms with Crippen molar-refractivity contribution in [1.82, 2.24) is 0 Å². The summed E-state index contributed by atoms with van der Waals surface area (Å²) in [6.07, 6.45) is 15.9. The zero-order chi connectivity index (χ0) is 31.3. The maximum atomic E-state index is 11.2. The Morgan fingerprint density at radius 2 is 0.674 bits per heavy atom. The Balaban J connectivity index is -0.000000209. The van der Waals surface area contributed by atoms with Gasteiger partial charge in [-0.1, -0.05) is 104 Å². The maximum absolute atomic E-state index is 11.2. The summed E-state index contributed by atoms with van der Waals surface area (Å²) in [5.74, 6) is 0. The third-order valence-corrected chi connectivity index (χ3v) is 12.4. The van der Waals surface area contributed by atoms with E-state index in [1.54, 1.807) is 0 Å². The van der Waals surface area contributed by atoms with Crippen LogP contribution in [0.5, 0.6) is 0 Å². The smallest absolute Gasteiger partial charge is 0.809 e. The second-order valence-electron chi connectivity index (χ2n) is 9.47. The zero-order valence-corrected chi connectivity index (χ0v) is 35.8. The fraction of sp³-hybridized carbons (Fsp3) is 1.00. The van der Waals surface area contributed by atoms with Crippen LogP contribution in [0.2, 0.25) is 0 Å². The Morgan fingerprint density at radius 3 is 0.884 bits per heavy atom. The standard InChI is InChI=1S/2C11H26O7P2.3Ca/c2*1-2-3-4-5-6-7-8-9-10-18-20(16,17)11(12)19(13,14)15;;;/h2*11-12H,2-10H2,1H3,(H,16,17)(H2,13,14,15);;;/q;;3*+2/p-6. The fourth-order valence-electron chi connectivity index (χ4n) is 3.34. The monoisotopic (exact) mass is 778 g/mol. The summed E-state index contributed by atoms with van der Waals surface area (Å²) in [4.78, 5) is 64.0. The number of unbranched alkanes of at least 4 members (excludes halogenated alkanes) is 14. The molecule has 0 radical (unpaired) electrons. The van der Waals surface area contributed by atoms with Crippen LogP contribution in [-0.4, -0.2) is 148 Å². The largest absolute Gasteiger partial charge is 2.00 e. The van der Waals surface area contributed by atoms with Crippen molar-refractivity contribution in [2.75, 3.05) is 13.2 Å². The van der Waals surface area contributed by atoms with Gasteiger partial charge in [0.05, 0.1) is 13.2 Å². The van der Waals surface area contributed by atoms with Gasteiger partial charge >= 0.3 is 113 Å². The van der Waals surface area contributed by atoms with Crippen molar-refractivity contribution in [3.8, 4) is 0 Å². The van der Waals surface area contributed by atoms with E-state index in [2.05, 4.69) is 22.9 Å². The Labute approximate surface area is 346 Å². The second kappa shape index (κ2) is 32.2. The van der Waals surface area contributed by atoms with Gasteiger partial charge in [0.1, 0.15) is 11.2 Å². The van der Waals surface area contributed by atoms with Crippen molar-refractivity contribution in [2.45, 2.75) is 128 Å². The van der Waals surface area contributed by atoms with Crippen LogP contribution in [0.1, 0.15) is 117 Å². The van der Waals surface area contributed by atoms with E-state index >= 15 is 0 Å². The molecule has 2 N–H and O–H groups in total. The third kappa shape index (κ3) is 33.2. The van der Waals surface area contributed by atoms with E-state index in [1.807, 2.05) is 0 Å². The minimum Gasteiger partial charge on any atom is -0.809 e. The summed E-state index contributed by atoms with van der Waals surface area (Å²) < 4.78 is 51.8. The Morgan fingerprint density at radius 1 is 0.465 bits per heavy atom. The van der Waals surface area contributed by atoms with Crippen molar-refractivity contribution in [3.05, 3.63) is 0 Å². The minimum atomic E-state index is -5.60. The van der Waals surface area contributed by atoms with Gasteiger partial charge in [-0.15, -0.1) is 0 Å². The molecule has 43 heavy (non-hydrogen) atoms. The number of rotatable bonds is 24. The average Bonchev–Trinajstić information content (AvgIpc) is 2.85. The molecule has 0 rings (SSSR count). The molecule has 0 heterocycles. The zero-order valence-electron chi connectivity index (χ0n) is 25.6. The topological polar surface area (TPSA) is 266 Å². The molecule has 0 amide bonds. The van der Waals surface area contributed by atoms with E-state index in [-0.39, 0.29) is 126 Å². The van der Waals surface area contributed by atoms with Gasteiger partial charge in [0, 0.05) is 0 Å². The van der Waals surface area contributed by atoms with Crippen molar-refractivity contribution < 1.29 is 66.9 Å². The van der Waals surface area contributed by atoms with Crippen LogP contribution >= 0.6 is 30.4 Å². The van der Waals surface area contributed by atoms with Gasteiger partial charge in [-0.05, 0) is 28.0 Å². The van der Waals surface area contributed by atoms with Crippen LogP contribution in [0, 0.1) is 0 Å².